The smallest absolute Gasteiger partial charge is 0.313 e. The molecule has 0 saturated heterocycles. The van der Waals surface area contributed by atoms with Crippen LogP contribution in [0.4, 0.5) is 8.78 Å². The molecule has 0 aliphatic heterocycles. The van der Waals surface area contributed by atoms with Gasteiger partial charge in [-0.15, -0.1) is 11.8 Å². The number of carboxylic acid groups (broad SMARTS) is 1. The van der Waals surface area contributed by atoms with Gasteiger partial charge in [-0.25, -0.2) is 8.78 Å². The van der Waals surface area contributed by atoms with Gasteiger partial charge >= 0.3 is 5.97 Å². The molecule has 26 heavy (non-hydrogen) atoms. The largest absolute Gasteiger partial charge is 0.496 e. The summed E-state index contributed by atoms with van der Waals surface area (Å²) in [6.45, 7) is 0. The predicted molar refractivity (Wildman–Crippen MR) is 96.5 cm³/mol. The molecular formula is C19H16F2O4S. The van der Waals surface area contributed by atoms with Gasteiger partial charge in [-0.3, -0.25) is 9.59 Å². The number of hydrogen-bond acceptors (Lipinski definition) is 4. The Hall–Kier alpha value is -2.67. The minimum Gasteiger partial charge on any atom is -0.496 e. The summed E-state index contributed by atoms with van der Waals surface area (Å²) < 4.78 is 31.3. The molecule has 0 bridgehead atoms. The number of thioether (sulfide) groups is 1. The van der Waals surface area contributed by atoms with Crippen LogP contribution in [0.1, 0.15) is 21.5 Å². The number of carbonyl (C=O) groups excluding carboxylic acids is 1. The van der Waals surface area contributed by atoms with Gasteiger partial charge in [0, 0.05) is 16.9 Å². The minimum absolute atomic E-state index is 0.0582. The number of methoxy groups -OCH3 is 1. The quantitative estimate of drug-likeness (QED) is 0.551. The average molecular weight is 378 g/mol. The lowest BCUT2D eigenvalue weighted by molar-refractivity contribution is -0.133. The number of ether oxygens (including phenoxy) is 1. The number of carboxylic acids is 1. The monoisotopic (exact) mass is 378 g/mol. The Labute approximate surface area is 153 Å². The van der Waals surface area contributed by atoms with Gasteiger partial charge in [-0.1, -0.05) is 12.1 Å². The van der Waals surface area contributed by atoms with Crippen LogP contribution in [0.2, 0.25) is 0 Å². The van der Waals surface area contributed by atoms with Crippen LogP contribution in [-0.2, 0) is 10.5 Å². The zero-order valence-corrected chi connectivity index (χ0v) is 14.7. The highest BCUT2D eigenvalue weighted by atomic mass is 32.2. The van der Waals surface area contributed by atoms with E-state index < -0.39 is 17.6 Å². The Kier molecular flexibility index (Phi) is 6.91. The van der Waals surface area contributed by atoms with Crippen molar-refractivity contribution in [1.29, 1.82) is 0 Å². The predicted octanol–water partition coefficient (Wildman–Crippen LogP) is 4.19. The van der Waals surface area contributed by atoms with Crippen molar-refractivity contribution in [3.8, 4) is 5.75 Å². The normalized spacial score (nSPS) is 10.9. The number of rotatable bonds is 8. The zero-order chi connectivity index (χ0) is 19.1. The number of aliphatic carboxylic acids is 1. The topological polar surface area (TPSA) is 63.6 Å². The third-order valence-electron chi connectivity index (χ3n) is 3.42. The van der Waals surface area contributed by atoms with Crippen molar-refractivity contribution in [2.75, 3.05) is 12.9 Å². The number of ketones is 1. The summed E-state index contributed by atoms with van der Waals surface area (Å²) in [5.74, 6) is -2.30. The number of hydrogen-bond donors (Lipinski definition) is 1. The average Bonchev–Trinajstić information content (AvgIpc) is 2.62. The van der Waals surface area contributed by atoms with Crippen molar-refractivity contribution < 1.29 is 28.2 Å². The lowest BCUT2D eigenvalue weighted by Gasteiger charge is -2.09. The number of halogens is 2. The van der Waals surface area contributed by atoms with Crippen molar-refractivity contribution in [3.05, 3.63) is 70.8 Å². The van der Waals surface area contributed by atoms with E-state index in [1.165, 1.54) is 37.1 Å². The maximum absolute atomic E-state index is 13.2. The van der Waals surface area contributed by atoms with E-state index in [4.69, 9.17) is 9.84 Å². The van der Waals surface area contributed by atoms with Crippen LogP contribution in [0.3, 0.4) is 0 Å². The lowest BCUT2D eigenvalue weighted by Crippen LogP contribution is -2.01. The van der Waals surface area contributed by atoms with E-state index in [0.29, 0.717) is 28.2 Å². The first-order chi connectivity index (χ1) is 12.4. The van der Waals surface area contributed by atoms with Crippen LogP contribution in [0.5, 0.6) is 5.75 Å². The molecule has 2 rings (SSSR count). The molecule has 2 aromatic rings. The Morgan fingerprint density at radius 2 is 1.92 bits per heavy atom. The molecule has 0 amide bonds. The van der Waals surface area contributed by atoms with Gasteiger partial charge in [0.05, 0.1) is 12.9 Å². The van der Waals surface area contributed by atoms with Crippen molar-refractivity contribution >= 4 is 29.6 Å². The van der Waals surface area contributed by atoms with Gasteiger partial charge in [0.25, 0.3) is 0 Å². The van der Waals surface area contributed by atoms with E-state index in [-0.39, 0.29) is 11.5 Å². The Bertz CT molecular complexity index is 849. The third kappa shape index (κ3) is 5.42. The summed E-state index contributed by atoms with van der Waals surface area (Å²) in [4.78, 5) is 22.9. The molecule has 0 aliphatic rings. The molecule has 2 aromatic carbocycles. The lowest BCUT2D eigenvalue weighted by atomic mass is 10.1. The van der Waals surface area contributed by atoms with Crippen molar-refractivity contribution in [2.45, 2.75) is 5.75 Å². The van der Waals surface area contributed by atoms with Crippen LogP contribution in [0.15, 0.2) is 42.5 Å². The fourth-order valence-electron chi connectivity index (χ4n) is 2.18. The van der Waals surface area contributed by atoms with Gasteiger partial charge < -0.3 is 9.84 Å². The first-order valence-electron chi connectivity index (χ1n) is 7.54. The van der Waals surface area contributed by atoms with Gasteiger partial charge in [-0.2, -0.15) is 0 Å². The summed E-state index contributed by atoms with van der Waals surface area (Å²) >= 11 is 1.19. The van der Waals surface area contributed by atoms with E-state index in [1.54, 1.807) is 18.2 Å². The van der Waals surface area contributed by atoms with Gasteiger partial charge in [0.15, 0.2) is 17.4 Å². The van der Waals surface area contributed by atoms with Crippen LogP contribution in [0, 0.1) is 11.6 Å². The van der Waals surface area contributed by atoms with Crippen LogP contribution in [0.25, 0.3) is 6.08 Å². The van der Waals surface area contributed by atoms with E-state index >= 15 is 0 Å². The fraction of sp³-hybridized carbons (Fsp3) is 0.158. The van der Waals surface area contributed by atoms with Gasteiger partial charge in [0.2, 0.25) is 0 Å². The maximum atomic E-state index is 13.2. The number of allylic oxidation sites excluding steroid dienone is 1. The van der Waals surface area contributed by atoms with Crippen molar-refractivity contribution in [3.63, 3.8) is 0 Å². The summed E-state index contributed by atoms with van der Waals surface area (Å²) in [6.07, 6.45) is 2.66. The Morgan fingerprint density at radius 3 is 2.58 bits per heavy atom. The fourth-order valence-corrected chi connectivity index (χ4v) is 2.90. The highest BCUT2D eigenvalue weighted by Crippen LogP contribution is 2.25. The number of carbonyl (C=O) groups is 2. The molecule has 7 heteroatoms. The van der Waals surface area contributed by atoms with E-state index in [2.05, 4.69) is 0 Å². The molecule has 0 fully saturated rings. The van der Waals surface area contributed by atoms with Gasteiger partial charge in [-0.05, 0) is 42.0 Å². The SMILES string of the molecule is COc1ccc(C(=O)C=Cc2ccc(F)c(F)c2)cc1CSCC(=O)O. The zero-order valence-electron chi connectivity index (χ0n) is 13.9. The van der Waals surface area contributed by atoms with Gasteiger partial charge in [0.1, 0.15) is 5.75 Å². The molecule has 0 saturated carbocycles. The molecule has 0 unspecified atom stereocenters. The van der Waals surface area contributed by atoms with Crippen molar-refractivity contribution in [2.24, 2.45) is 0 Å². The molecule has 0 heterocycles. The molecular weight excluding hydrogens is 362 g/mol. The standard InChI is InChI=1S/C19H16F2O4S/c1-25-18-7-4-13(9-14(18)10-26-11-19(23)24)17(22)6-3-12-2-5-15(20)16(21)8-12/h2-9H,10-11H2,1H3,(H,23,24). The van der Waals surface area contributed by atoms with E-state index in [0.717, 1.165) is 12.1 Å². The molecule has 0 atom stereocenters. The first-order valence-corrected chi connectivity index (χ1v) is 8.70. The second-order valence-corrected chi connectivity index (χ2v) is 6.27. The molecule has 4 nitrogen and oxygen atoms in total. The molecule has 0 spiro atoms. The van der Waals surface area contributed by atoms with E-state index in [9.17, 15) is 18.4 Å². The molecule has 1 N–H and O–H groups in total. The first kappa shape index (κ1) is 19.7. The Morgan fingerprint density at radius 1 is 1.15 bits per heavy atom. The van der Waals surface area contributed by atoms with Crippen LogP contribution in [-0.4, -0.2) is 29.7 Å². The molecule has 0 aliphatic carbocycles. The van der Waals surface area contributed by atoms with Crippen molar-refractivity contribution in [1.82, 2.24) is 0 Å². The molecule has 0 radical (unpaired) electrons. The van der Waals surface area contributed by atoms with Crippen LogP contribution < -0.4 is 4.74 Å². The minimum atomic E-state index is -0.984. The second-order valence-electron chi connectivity index (χ2n) is 5.28. The summed E-state index contributed by atoms with van der Waals surface area (Å²) in [5.41, 5.74) is 1.45. The van der Waals surface area contributed by atoms with Crippen LogP contribution >= 0.6 is 11.8 Å². The second kappa shape index (κ2) is 9.15. The highest BCUT2D eigenvalue weighted by Gasteiger charge is 2.10. The molecule has 0 aromatic heterocycles. The maximum Gasteiger partial charge on any atom is 0.313 e. The third-order valence-corrected chi connectivity index (χ3v) is 4.39. The summed E-state index contributed by atoms with van der Waals surface area (Å²) in [6, 6.07) is 8.21. The molecule has 136 valence electrons. The summed E-state index contributed by atoms with van der Waals surface area (Å²) in [7, 11) is 1.49. The number of benzene rings is 2. The Balaban J connectivity index is 2.15. The highest BCUT2D eigenvalue weighted by molar-refractivity contribution is 7.99. The van der Waals surface area contributed by atoms with E-state index in [1.807, 2.05) is 0 Å². The summed E-state index contributed by atoms with van der Waals surface area (Å²) in [5, 5.41) is 8.71.